The highest BCUT2D eigenvalue weighted by molar-refractivity contribution is 9.10. The van der Waals surface area contributed by atoms with Gasteiger partial charge in [0.1, 0.15) is 4.99 Å². The number of anilines is 1. The summed E-state index contributed by atoms with van der Waals surface area (Å²) in [6.07, 6.45) is 0.643. The van der Waals surface area contributed by atoms with Crippen LogP contribution < -0.4 is 11.1 Å². The highest BCUT2D eigenvalue weighted by Gasteiger charge is 2.07. The summed E-state index contributed by atoms with van der Waals surface area (Å²) in [7, 11) is 0. The summed E-state index contributed by atoms with van der Waals surface area (Å²) in [5.41, 5.74) is 7.39. The smallest absolute Gasteiger partial charge is 0.228 e. The number of aryl methyl sites for hydroxylation is 1. The monoisotopic (exact) mass is 340 g/mol. The first-order valence-electron chi connectivity index (χ1n) is 5.68. The van der Waals surface area contributed by atoms with Gasteiger partial charge < -0.3 is 15.6 Å². The fourth-order valence-corrected chi connectivity index (χ4v) is 2.16. The molecule has 0 fully saturated rings. The van der Waals surface area contributed by atoms with Crippen LogP contribution in [-0.2, 0) is 6.42 Å². The molecule has 1 aromatic carbocycles. The first-order valence-corrected chi connectivity index (χ1v) is 6.89. The molecule has 0 bridgehead atoms. The summed E-state index contributed by atoms with van der Waals surface area (Å²) in [6, 6.07) is 5.72. The minimum Gasteiger partial charge on any atom is -0.389 e. The topological polar surface area (TPSA) is 77.0 Å². The lowest BCUT2D eigenvalue weighted by molar-refractivity contribution is 0.377. The van der Waals surface area contributed by atoms with Crippen molar-refractivity contribution in [2.45, 2.75) is 13.3 Å². The van der Waals surface area contributed by atoms with Crippen LogP contribution in [-0.4, -0.2) is 21.7 Å². The molecular weight excluding hydrogens is 328 g/mol. The zero-order valence-electron chi connectivity index (χ0n) is 10.3. The number of rotatable bonds is 5. The van der Waals surface area contributed by atoms with Crippen LogP contribution in [0.5, 0.6) is 0 Å². The molecule has 2 aromatic rings. The number of nitrogens with one attached hydrogen (secondary N) is 1. The van der Waals surface area contributed by atoms with E-state index < -0.39 is 0 Å². The van der Waals surface area contributed by atoms with Crippen molar-refractivity contribution in [1.82, 2.24) is 10.1 Å². The molecule has 0 aliphatic rings. The Bertz CT molecular complexity index is 599. The van der Waals surface area contributed by atoms with Gasteiger partial charge >= 0.3 is 0 Å². The molecule has 19 heavy (non-hydrogen) atoms. The molecule has 0 saturated carbocycles. The second kappa shape index (κ2) is 6.12. The van der Waals surface area contributed by atoms with E-state index in [2.05, 4.69) is 31.4 Å². The molecule has 1 heterocycles. The van der Waals surface area contributed by atoms with Crippen LogP contribution in [0.1, 0.15) is 17.3 Å². The molecule has 7 heteroatoms. The number of thiocarbonyl (C=S) groups is 1. The van der Waals surface area contributed by atoms with Crippen molar-refractivity contribution < 1.29 is 4.52 Å². The van der Waals surface area contributed by atoms with Crippen LogP contribution in [0.2, 0.25) is 0 Å². The van der Waals surface area contributed by atoms with E-state index in [1.807, 2.05) is 18.2 Å². The standard InChI is InChI=1S/C12H13BrN4OS/c1-7-16-11(18-17-7)4-5-15-10-6-8(13)2-3-9(10)12(14)19/h2-3,6,15H,4-5H2,1H3,(H2,14,19). The van der Waals surface area contributed by atoms with Crippen LogP contribution in [0.3, 0.4) is 0 Å². The van der Waals surface area contributed by atoms with Crippen molar-refractivity contribution in [2.75, 3.05) is 11.9 Å². The van der Waals surface area contributed by atoms with Crippen molar-refractivity contribution in [3.05, 3.63) is 40.0 Å². The third-order valence-corrected chi connectivity index (χ3v) is 3.18. The van der Waals surface area contributed by atoms with Crippen LogP contribution in [0.4, 0.5) is 5.69 Å². The maximum Gasteiger partial charge on any atom is 0.228 e. The Morgan fingerprint density at radius 3 is 2.95 bits per heavy atom. The van der Waals surface area contributed by atoms with Crippen LogP contribution in [0.25, 0.3) is 0 Å². The number of nitrogens with two attached hydrogens (primary N) is 1. The van der Waals surface area contributed by atoms with Crippen LogP contribution in [0, 0.1) is 6.92 Å². The number of nitrogens with zero attached hydrogens (tertiary/aromatic N) is 2. The van der Waals surface area contributed by atoms with E-state index in [1.54, 1.807) is 6.92 Å². The Morgan fingerprint density at radius 1 is 1.53 bits per heavy atom. The first-order chi connectivity index (χ1) is 9.06. The Hall–Kier alpha value is -1.47. The molecule has 2 rings (SSSR count). The van der Waals surface area contributed by atoms with Crippen LogP contribution in [0.15, 0.2) is 27.2 Å². The van der Waals surface area contributed by atoms with Gasteiger partial charge in [-0.05, 0) is 25.1 Å². The molecule has 0 radical (unpaired) electrons. The second-order valence-electron chi connectivity index (χ2n) is 3.97. The fraction of sp³-hybridized carbons (Fsp3) is 0.250. The normalized spacial score (nSPS) is 10.4. The van der Waals surface area contributed by atoms with Gasteiger partial charge in [0, 0.05) is 28.7 Å². The van der Waals surface area contributed by atoms with Crippen molar-refractivity contribution >= 4 is 38.8 Å². The summed E-state index contributed by atoms with van der Waals surface area (Å²) in [5, 5.41) is 7.01. The number of aromatic nitrogens is 2. The minimum atomic E-state index is 0.364. The summed E-state index contributed by atoms with van der Waals surface area (Å²) in [5.74, 6) is 1.25. The lowest BCUT2D eigenvalue weighted by Gasteiger charge is -2.10. The highest BCUT2D eigenvalue weighted by Crippen LogP contribution is 2.21. The van der Waals surface area contributed by atoms with Crippen molar-refractivity contribution in [2.24, 2.45) is 5.73 Å². The zero-order chi connectivity index (χ0) is 13.8. The molecule has 0 unspecified atom stereocenters. The maximum absolute atomic E-state index is 5.69. The average Bonchev–Trinajstić information content (AvgIpc) is 2.75. The third-order valence-electron chi connectivity index (χ3n) is 2.47. The fourth-order valence-electron chi connectivity index (χ4n) is 1.62. The Kier molecular flexibility index (Phi) is 4.49. The van der Waals surface area contributed by atoms with E-state index in [4.69, 9.17) is 22.5 Å². The number of hydrogen-bond donors (Lipinski definition) is 2. The van der Waals surface area contributed by atoms with Crippen molar-refractivity contribution in [3.8, 4) is 0 Å². The average molecular weight is 341 g/mol. The van der Waals surface area contributed by atoms with Gasteiger partial charge in [-0.25, -0.2) is 0 Å². The molecule has 0 atom stereocenters. The quantitative estimate of drug-likeness (QED) is 0.814. The van der Waals surface area contributed by atoms with E-state index in [0.29, 0.717) is 29.7 Å². The Labute approximate surface area is 124 Å². The maximum atomic E-state index is 5.69. The molecule has 1 aromatic heterocycles. The number of hydrogen-bond acceptors (Lipinski definition) is 5. The minimum absolute atomic E-state index is 0.364. The molecular formula is C12H13BrN4OS. The van der Waals surface area contributed by atoms with E-state index in [1.165, 1.54) is 0 Å². The van der Waals surface area contributed by atoms with E-state index in [9.17, 15) is 0 Å². The molecule has 3 N–H and O–H groups in total. The highest BCUT2D eigenvalue weighted by atomic mass is 79.9. The van der Waals surface area contributed by atoms with Gasteiger partial charge in [-0.3, -0.25) is 0 Å². The lowest BCUT2D eigenvalue weighted by Crippen LogP contribution is -2.14. The van der Waals surface area contributed by atoms with Gasteiger partial charge in [-0.15, -0.1) is 0 Å². The van der Waals surface area contributed by atoms with E-state index >= 15 is 0 Å². The summed E-state index contributed by atoms with van der Waals surface area (Å²) >= 11 is 8.44. The van der Waals surface area contributed by atoms with Gasteiger partial charge in [-0.1, -0.05) is 33.3 Å². The molecule has 0 saturated heterocycles. The molecule has 0 spiro atoms. The predicted octanol–water partition coefficient (Wildman–Crippen LogP) is 2.43. The summed E-state index contributed by atoms with van der Waals surface area (Å²) in [6.45, 7) is 2.45. The first kappa shape index (κ1) is 14.0. The van der Waals surface area contributed by atoms with Gasteiger partial charge in [0.05, 0.1) is 0 Å². The largest absolute Gasteiger partial charge is 0.389 e. The van der Waals surface area contributed by atoms with Gasteiger partial charge in [0.15, 0.2) is 5.82 Å². The predicted molar refractivity (Wildman–Crippen MR) is 81.3 cm³/mol. The lowest BCUT2D eigenvalue weighted by atomic mass is 10.1. The van der Waals surface area contributed by atoms with Gasteiger partial charge in [0.25, 0.3) is 0 Å². The van der Waals surface area contributed by atoms with E-state index in [-0.39, 0.29) is 0 Å². The van der Waals surface area contributed by atoms with Crippen molar-refractivity contribution in [1.29, 1.82) is 0 Å². The van der Waals surface area contributed by atoms with Gasteiger partial charge in [0.2, 0.25) is 5.89 Å². The molecule has 100 valence electrons. The second-order valence-corrected chi connectivity index (χ2v) is 5.32. The van der Waals surface area contributed by atoms with Crippen LogP contribution >= 0.6 is 28.1 Å². The summed E-state index contributed by atoms with van der Waals surface area (Å²) < 4.78 is 6.00. The molecule has 0 amide bonds. The summed E-state index contributed by atoms with van der Waals surface area (Å²) in [4.78, 5) is 4.50. The Balaban J connectivity index is 2.02. The molecule has 5 nitrogen and oxygen atoms in total. The van der Waals surface area contributed by atoms with E-state index in [0.717, 1.165) is 15.7 Å². The zero-order valence-corrected chi connectivity index (χ0v) is 12.7. The Morgan fingerprint density at radius 2 is 2.32 bits per heavy atom. The number of halogens is 1. The number of benzene rings is 1. The molecule has 0 aliphatic heterocycles. The molecule has 0 aliphatic carbocycles. The third kappa shape index (κ3) is 3.74. The SMILES string of the molecule is Cc1noc(CCNc2cc(Br)ccc2C(N)=S)n1. The van der Waals surface area contributed by atoms with Crippen molar-refractivity contribution in [3.63, 3.8) is 0 Å². The van der Waals surface area contributed by atoms with Gasteiger partial charge in [-0.2, -0.15) is 4.98 Å².